The van der Waals surface area contributed by atoms with Crippen LogP contribution >= 0.6 is 0 Å². The Morgan fingerprint density at radius 1 is 0.963 bits per heavy atom. The number of phenols is 1. The van der Waals surface area contributed by atoms with Crippen LogP contribution in [0.1, 0.15) is 22.5 Å². The topological polar surface area (TPSA) is 121 Å². The molecular formula is C19H21N3O5. The molecule has 142 valence electrons. The monoisotopic (exact) mass is 371 g/mol. The zero-order chi connectivity index (χ0) is 19.5. The SMILES string of the molecule is O=C(C=Cc1ccco1)NCCC(=O)NCCNC(=O)c1ccc(O)cc1. The van der Waals surface area contributed by atoms with Gasteiger partial charge in [-0.1, -0.05) is 0 Å². The van der Waals surface area contributed by atoms with Crippen LogP contribution in [-0.2, 0) is 9.59 Å². The van der Waals surface area contributed by atoms with Gasteiger partial charge in [-0.15, -0.1) is 0 Å². The molecule has 0 fully saturated rings. The second-order valence-corrected chi connectivity index (χ2v) is 5.54. The van der Waals surface area contributed by atoms with E-state index in [1.54, 1.807) is 12.1 Å². The molecule has 2 rings (SSSR count). The zero-order valence-corrected chi connectivity index (χ0v) is 14.6. The van der Waals surface area contributed by atoms with Crippen molar-refractivity contribution in [3.8, 4) is 5.75 Å². The molecule has 0 radical (unpaired) electrons. The summed E-state index contributed by atoms with van der Waals surface area (Å²) in [5.74, 6) is -0.191. The van der Waals surface area contributed by atoms with E-state index in [2.05, 4.69) is 16.0 Å². The predicted octanol–water partition coefficient (Wildman–Crippen LogP) is 1.05. The number of hydrogen-bond donors (Lipinski definition) is 4. The van der Waals surface area contributed by atoms with Gasteiger partial charge < -0.3 is 25.5 Å². The summed E-state index contributed by atoms with van der Waals surface area (Å²) in [4.78, 5) is 35.1. The standard InChI is InChI=1S/C19H21N3O5/c23-15-5-3-14(4-6-15)19(26)22-12-11-21-18(25)9-10-20-17(24)8-7-16-2-1-13-27-16/h1-8,13,23H,9-12H2,(H,20,24)(H,21,25)(H,22,26). The first-order valence-corrected chi connectivity index (χ1v) is 8.38. The third-order valence-electron chi connectivity index (χ3n) is 3.46. The summed E-state index contributed by atoms with van der Waals surface area (Å²) in [5.41, 5.74) is 0.421. The smallest absolute Gasteiger partial charge is 0.251 e. The average Bonchev–Trinajstić information content (AvgIpc) is 3.17. The van der Waals surface area contributed by atoms with Crippen LogP contribution in [0.25, 0.3) is 6.08 Å². The fraction of sp³-hybridized carbons (Fsp3) is 0.211. The molecule has 27 heavy (non-hydrogen) atoms. The first-order valence-electron chi connectivity index (χ1n) is 8.38. The van der Waals surface area contributed by atoms with Crippen LogP contribution < -0.4 is 16.0 Å². The van der Waals surface area contributed by atoms with Crippen LogP contribution in [0.2, 0.25) is 0 Å². The summed E-state index contributed by atoms with van der Waals surface area (Å²) in [6, 6.07) is 9.30. The van der Waals surface area contributed by atoms with Crippen molar-refractivity contribution in [2.75, 3.05) is 19.6 Å². The lowest BCUT2D eigenvalue weighted by Crippen LogP contribution is -2.36. The number of carbonyl (C=O) groups excluding carboxylic acids is 3. The van der Waals surface area contributed by atoms with E-state index in [0.717, 1.165) is 0 Å². The maximum atomic E-state index is 11.8. The fourth-order valence-corrected chi connectivity index (χ4v) is 2.08. The van der Waals surface area contributed by atoms with Crippen molar-refractivity contribution in [1.82, 2.24) is 16.0 Å². The van der Waals surface area contributed by atoms with Crippen LogP contribution in [0.4, 0.5) is 0 Å². The average molecular weight is 371 g/mol. The molecule has 4 N–H and O–H groups in total. The molecule has 0 saturated heterocycles. The largest absolute Gasteiger partial charge is 0.508 e. The summed E-state index contributed by atoms with van der Waals surface area (Å²) < 4.78 is 5.06. The molecule has 1 aromatic heterocycles. The van der Waals surface area contributed by atoms with Crippen molar-refractivity contribution in [1.29, 1.82) is 0 Å². The molecule has 0 bridgehead atoms. The third-order valence-corrected chi connectivity index (χ3v) is 3.46. The lowest BCUT2D eigenvalue weighted by Gasteiger charge is -2.07. The number of rotatable bonds is 9. The van der Waals surface area contributed by atoms with Gasteiger partial charge in [-0.25, -0.2) is 0 Å². The van der Waals surface area contributed by atoms with Crippen LogP contribution in [0, 0.1) is 0 Å². The highest BCUT2D eigenvalue weighted by molar-refractivity contribution is 5.94. The van der Waals surface area contributed by atoms with Gasteiger partial charge in [0, 0.05) is 37.7 Å². The molecule has 2 aromatic rings. The van der Waals surface area contributed by atoms with E-state index in [4.69, 9.17) is 4.42 Å². The molecule has 0 unspecified atom stereocenters. The molecule has 3 amide bonds. The third kappa shape index (κ3) is 7.47. The van der Waals surface area contributed by atoms with Crippen molar-refractivity contribution in [2.24, 2.45) is 0 Å². The Labute approximate surface area is 156 Å². The Bertz CT molecular complexity index is 782. The Hall–Kier alpha value is -3.55. The Morgan fingerprint density at radius 2 is 1.70 bits per heavy atom. The summed E-state index contributed by atoms with van der Waals surface area (Å²) in [5, 5.41) is 17.1. The molecule has 1 aromatic carbocycles. The van der Waals surface area contributed by atoms with E-state index in [1.807, 2.05) is 0 Å². The van der Waals surface area contributed by atoms with Gasteiger partial charge in [-0.2, -0.15) is 0 Å². The van der Waals surface area contributed by atoms with Crippen molar-refractivity contribution in [3.05, 3.63) is 60.1 Å². The van der Waals surface area contributed by atoms with Crippen molar-refractivity contribution in [3.63, 3.8) is 0 Å². The summed E-state index contributed by atoms with van der Waals surface area (Å²) in [6.07, 6.45) is 4.50. The lowest BCUT2D eigenvalue weighted by molar-refractivity contribution is -0.121. The van der Waals surface area contributed by atoms with Gasteiger partial charge in [0.2, 0.25) is 11.8 Å². The summed E-state index contributed by atoms with van der Waals surface area (Å²) in [7, 11) is 0. The van der Waals surface area contributed by atoms with Crippen LogP contribution in [0.15, 0.2) is 53.2 Å². The van der Waals surface area contributed by atoms with Crippen molar-refractivity contribution in [2.45, 2.75) is 6.42 Å². The Kier molecular flexibility index (Phi) is 7.65. The van der Waals surface area contributed by atoms with Crippen LogP contribution in [0.5, 0.6) is 5.75 Å². The Balaban J connectivity index is 1.55. The number of nitrogens with one attached hydrogen (secondary N) is 3. The number of hydrogen-bond acceptors (Lipinski definition) is 5. The van der Waals surface area contributed by atoms with Gasteiger partial charge in [0.25, 0.3) is 5.91 Å². The van der Waals surface area contributed by atoms with Gasteiger partial charge in [-0.3, -0.25) is 14.4 Å². The first kappa shape index (κ1) is 19.8. The van der Waals surface area contributed by atoms with Crippen molar-refractivity contribution >= 4 is 23.8 Å². The molecule has 0 aliphatic carbocycles. The van der Waals surface area contributed by atoms with Gasteiger partial charge in [-0.05, 0) is 42.5 Å². The highest BCUT2D eigenvalue weighted by Crippen LogP contribution is 2.09. The second kappa shape index (κ2) is 10.4. The minimum atomic E-state index is -0.319. The van der Waals surface area contributed by atoms with Crippen LogP contribution in [0.3, 0.4) is 0 Å². The van der Waals surface area contributed by atoms with E-state index in [0.29, 0.717) is 11.3 Å². The molecule has 0 saturated carbocycles. The number of benzene rings is 1. The molecule has 0 aliphatic rings. The normalized spacial score (nSPS) is 10.5. The first-order chi connectivity index (χ1) is 13.0. The highest BCUT2D eigenvalue weighted by Gasteiger charge is 2.05. The van der Waals surface area contributed by atoms with E-state index in [-0.39, 0.29) is 49.5 Å². The number of amides is 3. The predicted molar refractivity (Wildman–Crippen MR) is 98.8 cm³/mol. The lowest BCUT2D eigenvalue weighted by atomic mass is 10.2. The van der Waals surface area contributed by atoms with Crippen molar-refractivity contribution < 1.29 is 23.9 Å². The van der Waals surface area contributed by atoms with E-state index in [1.165, 1.54) is 42.7 Å². The zero-order valence-electron chi connectivity index (χ0n) is 14.6. The summed E-state index contributed by atoms with van der Waals surface area (Å²) in [6.45, 7) is 0.742. The maximum absolute atomic E-state index is 11.8. The molecule has 0 atom stereocenters. The molecule has 1 heterocycles. The molecule has 0 spiro atoms. The number of carbonyl (C=O) groups is 3. The molecule has 0 aliphatic heterocycles. The van der Waals surface area contributed by atoms with Gasteiger partial charge in [0.05, 0.1) is 6.26 Å². The van der Waals surface area contributed by atoms with Crippen LogP contribution in [-0.4, -0.2) is 42.5 Å². The minimum absolute atomic E-state index is 0.0855. The van der Waals surface area contributed by atoms with Gasteiger partial charge in [0.1, 0.15) is 11.5 Å². The maximum Gasteiger partial charge on any atom is 0.251 e. The fourth-order valence-electron chi connectivity index (χ4n) is 2.08. The van der Waals surface area contributed by atoms with Gasteiger partial charge >= 0.3 is 0 Å². The number of furan rings is 1. The molecule has 8 nitrogen and oxygen atoms in total. The van der Waals surface area contributed by atoms with E-state index in [9.17, 15) is 19.5 Å². The van der Waals surface area contributed by atoms with E-state index >= 15 is 0 Å². The van der Waals surface area contributed by atoms with E-state index < -0.39 is 0 Å². The number of aromatic hydroxyl groups is 1. The van der Waals surface area contributed by atoms with Gasteiger partial charge in [0.15, 0.2) is 0 Å². The highest BCUT2D eigenvalue weighted by atomic mass is 16.3. The molecule has 8 heteroatoms. The summed E-state index contributed by atoms with van der Waals surface area (Å²) >= 11 is 0. The molecular weight excluding hydrogens is 350 g/mol. The second-order valence-electron chi connectivity index (χ2n) is 5.54. The minimum Gasteiger partial charge on any atom is -0.508 e. The number of phenolic OH excluding ortho intramolecular Hbond substituents is 1. The quantitative estimate of drug-likeness (QED) is 0.388. The Morgan fingerprint density at radius 3 is 2.41 bits per heavy atom.